The van der Waals surface area contributed by atoms with Crippen LogP contribution in [0.4, 0.5) is 11.7 Å². The molecule has 3 aromatic rings. The molecule has 0 unspecified atom stereocenters. The predicted molar refractivity (Wildman–Crippen MR) is 82.1 cm³/mol. The van der Waals surface area contributed by atoms with Crippen molar-refractivity contribution in [1.82, 2.24) is 10.1 Å². The molecule has 0 saturated heterocycles. The lowest BCUT2D eigenvalue weighted by Crippen LogP contribution is -1.93. The minimum absolute atomic E-state index is 0.237. The summed E-state index contributed by atoms with van der Waals surface area (Å²) in [6.07, 6.45) is 0. The van der Waals surface area contributed by atoms with E-state index in [-0.39, 0.29) is 6.79 Å². The van der Waals surface area contributed by atoms with Crippen LogP contribution in [0.2, 0.25) is 0 Å². The molecule has 0 fully saturated rings. The van der Waals surface area contributed by atoms with E-state index in [2.05, 4.69) is 15.5 Å². The Labute approximate surface area is 131 Å². The van der Waals surface area contributed by atoms with Crippen molar-refractivity contribution in [2.45, 2.75) is 0 Å². The van der Waals surface area contributed by atoms with Crippen LogP contribution in [0.25, 0.3) is 11.4 Å². The first-order valence-corrected chi connectivity index (χ1v) is 6.96. The van der Waals surface area contributed by atoms with Gasteiger partial charge in [-0.1, -0.05) is 5.16 Å². The number of hydrogen-bond donors (Lipinski definition) is 1. The predicted octanol–water partition coefficient (Wildman–Crippen LogP) is 3.22. The SMILES string of the molecule is COc1ccc(-c2noc(Nc3ccc4c(c3)OCO4)n2)cc1. The van der Waals surface area contributed by atoms with Crippen molar-refractivity contribution >= 4 is 11.7 Å². The second kappa shape index (κ2) is 5.53. The molecule has 7 nitrogen and oxygen atoms in total. The van der Waals surface area contributed by atoms with E-state index in [9.17, 15) is 0 Å². The molecule has 2 heterocycles. The molecule has 1 aliphatic heterocycles. The summed E-state index contributed by atoms with van der Waals surface area (Å²) < 4.78 is 21.0. The van der Waals surface area contributed by atoms with Crippen LogP contribution in [-0.4, -0.2) is 24.0 Å². The lowest BCUT2D eigenvalue weighted by atomic mass is 10.2. The minimum atomic E-state index is 0.237. The van der Waals surface area contributed by atoms with Gasteiger partial charge in [0.25, 0.3) is 0 Å². The van der Waals surface area contributed by atoms with E-state index in [1.807, 2.05) is 42.5 Å². The summed E-state index contributed by atoms with van der Waals surface area (Å²) >= 11 is 0. The third kappa shape index (κ3) is 2.64. The minimum Gasteiger partial charge on any atom is -0.497 e. The van der Waals surface area contributed by atoms with Crippen molar-refractivity contribution < 1.29 is 18.7 Å². The van der Waals surface area contributed by atoms with Gasteiger partial charge in [-0.15, -0.1) is 0 Å². The number of anilines is 2. The fraction of sp³-hybridized carbons (Fsp3) is 0.125. The molecule has 1 aliphatic rings. The first-order chi connectivity index (χ1) is 11.3. The molecule has 4 rings (SSSR count). The molecular formula is C16H13N3O4. The molecule has 0 saturated carbocycles. The molecule has 116 valence electrons. The average molecular weight is 311 g/mol. The van der Waals surface area contributed by atoms with Crippen LogP contribution in [0.1, 0.15) is 0 Å². The average Bonchev–Trinajstić information content (AvgIpc) is 3.24. The molecule has 1 N–H and O–H groups in total. The number of nitrogens with zero attached hydrogens (tertiary/aromatic N) is 2. The summed E-state index contributed by atoms with van der Waals surface area (Å²) in [5, 5.41) is 7.01. The summed E-state index contributed by atoms with van der Waals surface area (Å²) in [5.74, 6) is 2.68. The highest BCUT2D eigenvalue weighted by molar-refractivity contribution is 5.62. The Hall–Kier alpha value is -3.22. The molecule has 7 heteroatoms. The highest BCUT2D eigenvalue weighted by Crippen LogP contribution is 2.35. The number of aromatic nitrogens is 2. The molecule has 0 amide bonds. The zero-order valence-corrected chi connectivity index (χ0v) is 12.3. The van der Waals surface area contributed by atoms with E-state index in [4.69, 9.17) is 18.7 Å². The zero-order chi connectivity index (χ0) is 15.6. The first kappa shape index (κ1) is 13.4. The molecule has 23 heavy (non-hydrogen) atoms. The van der Waals surface area contributed by atoms with Crippen LogP contribution in [0.3, 0.4) is 0 Å². The standard InChI is InChI=1S/C16H13N3O4/c1-20-12-5-2-10(3-6-12)15-18-16(23-19-15)17-11-4-7-13-14(8-11)22-9-21-13/h2-8H,9H2,1H3,(H,17,18,19). The van der Waals surface area contributed by atoms with Gasteiger partial charge in [-0.25, -0.2) is 0 Å². The van der Waals surface area contributed by atoms with Gasteiger partial charge in [0.05, 0.1) is 7.11 Å². The Morgan fingerprint density at radius 3 is 2.70 bits per heavy atom. The van der Waals surface area contributed by atoms with E-state index in [0.29, 0.717) is 17.6 Å². The summed E-state index contributed by atoms with van der Waals surface area (Å²) in [6.45, 7) is 0.237. The third-order valence-corrected chi connectivity index (χ3v) is 3.40. The number of ether oxygens (including phenoxy) is 3. The van der Waals surface area contributed by atoms with Gasteiger partial charge in [0.1, 0.15) is 5.75 Å². The van der Waals surface area contributed by atoms with Crippen molar-refractivity contribution in [3.63, 3.8) is 0 Å². The van der Waals surface area contributed by atoms with Crippen molar-refractivity contribution in [3.8, 4) is 28.6 Å². The van der Waals surface area contributed by atoms with Crippen molar-refractivity contribution in [2.24, 2.45) is 0 Å². The second-order valence-corrected chi connectivity index (χ2v) is 4.84. The summed E-state index contributed by atoms with van der Waals surface area (Å²) in [6, 6.07) is 13.2. The number of methoxy groups -OCH3 is 1. The van der Waals surface area contributed by atoms with Gasteiger partial charge < -0.3 is 24.1 Å². The van der Waals surface area contributed by atoms with Crippen LogP contribution in [0.5, 0.6) is 17.2 Å². The quantitative estimate of drug-likeness (QED) is 0.792. The molecule has 0 aliphatic carbocycles. The number of benzene rings is 2. The van der Waals surface area contributed by atoms with Crippen LogP contribution < -0.4 is 19.5 Å². The van der Waals surface area contributed by atoms with Gasteiger partial charge in [0.2, 0.25) is 12.6 Å². The Kier molecular flexibility index (Phi) is 3.23. The maximum atomic E-state index is 5.33. The van der Waals surface area contributed by atoms with E-state index < -0.39 is 0 Å². The largest absolute Gasteiger partial charge is 0.497 e. The topological polar surface area (TPSA) is 78.6 Å². The monoisotopic (exact) mass is 311 g/mol. The molecule has 0 radical (unpaired) electrons. The van der Waals surface area contributed by atoms with Crippen LogP contribution in [-0.2, 0) is 0 Å². The number of rotatable bonds is 4. The summed E-state index contributed by atoms with van der Waals surface area (Å²) in [7, 11) is 1.62. The summed E-state index contributed by atoms with van der Waals surface area (Å²) in [4.78, 5) is 4.32. The third-order valence-electron chi connectivity index (χ3n) is 3.40. The van der Waals surface area contributed by atoms with Crippen LogP contribution >= 0.6 is 0 Å². The van der Waals surface area contributed by atoms with E-state index >= 15 is 0 Å². The van der Waals surface area contributed by atoms with Gasteiger partial charge in [-0.3, -0.25) is 0 Å². The number of fused-ring (bicyclic) bond motifs is 1. The summed E-state index contributed by atoms with van der Waals surface area (Å²) in [5.41, 5.74) is 1.62. The Morgan fingerprint density at radius 2 is 1.87 bits per heavy atom. The van der Waals surface area contributed by atoms with Crippen molar-refractivity contribution in [2.75, 3.05) is 19.2 Å². The van der Waals surface area contributed by atoms with E-state index in [1.165, 1.54) is 0 Å². The van der Waals surface area contributed by atoms with Crippen LogP contribution in [0.15, 0.2) is 47.0 Å². The smallest absolute Gasteiger partial charge is 0.326 e. The van der Waals surface area contributed by atoms with Gasteiger partial charge in [0.15, 0.2) is 11.5 Å². The molecule has 1 aromatic heterocycles. The van der Waals surface area contributed by atoms with E-state index in [0.717, 1.165) is 22.7 Å². The lowest BCUT2D eigenvalue weighted by Gasteiger charge is -2.02. The number of nitrogens with one attached hydrogen (secondary N) is 1. The van der Waals surface area contributed by atoms with Crippen molar-refractivity contribution in [3.05, 3.63) is 42.5 Å². The van der Waals surface area contributed by atoms with E-state index in [1.54, 1.807) is 7.11 Å². The maximum Gasteiger partial charge on any atom is 0.326 e. The molecule has 0 bridgehead atoms. The highest BCUT2D eigenvalue weighted by atomic mass is 16.7. The molecular weight excluding hydrogens is 298 g/mol. The number of hydrogen-bond acceptors (Lipinski definition) is 7. The molecule has 0 spiro atoms. The van der Waals surface area contributed by atoms with Gasteiger partial charge in [-0.05, 0) is 36.4 Å². The highest BCUT2D eigenvalue weighted by Gasteiger charge is 2.14. The zero-order valence-electron chi connectivity index (χ0n) is 12.3. The van der Waals surface area contributed by atoms with Gasteiger partial charge in [-0.2, -0.15) is 4.98 Å². The Balaban J connectivity index is 1.53. The maximum absolute atomic E-state index is 5.33. The Morgan fingerprint density at radius 1 is 1.04 bits per heavy atom. The first-order valence-electron chi connectivity index (χ1n) is 6.96. The second-order valence-electron chi connectivity index (χ2n) is 4.84. The van der Waals surface area contributed by atoms with Gasteiger partial charge in [0, 0.05) is 17.3 Å². The van der Waals surface area contributed by atoms with Crippen molar-refractivity contribution in [1.29, 1.82) is 0 Å². The van der Waals surface area contributed by atoms with Gasteiger partial charge >= 0.3 is 6.01 Å². The fourth-order valence-electron chi connectivity index (χ4n) is 2.23. The lowest BCUT2D eigenvalue weighted by molar-refractivity contribution is 0.174. The molecule has 2 aromatic carbocycles. The molecule has 0 atom stereocenters. The normalized spacial score (nSPS) is 12.2. The fourth-order valence-corrected chi connectivity index (χ4v) is 2.23. The Bertz CT molecular complexity index is 830. The van der Waals surface area contributed by atoms with Crippen LogP contribution in [0, 0.1) is 0 Å².